The number of hydrogen-bond donors (Lipinski definition) is 0. The van der Waals surface area contributed by atoms with Gasteiger partial charge in [-0.1, -0.05) is 133 Å². The third kappa shape index (κ3) is 3.81. The van der Waals surface area contributed by atoms with Crippen LogP contribution in [0.5, 0.6) is 0 Å². The Kier molecular flexibility index (Phi) is 5.31. The Morgan fingerprint density at radius 1 is 0.289 bits per heavy atom. The van der Waals surface area contributed by atoms with Crippen molar-refractivity contribution in [1.29, 1.82) is 0 Å². The molecule has 0 saturated heterocycles. The molecule has 0 aromatic heterocycles. The Labute approximate surface area is 265 Å². The Morgan fingerprint density at radius 2 is 0.933 bits per heavy atom. The molecule has 0 amide bonds. The third-order valence-electron chi connectivity index (χ3n) is 9.57. The summed E-state index contributed by atoms with van der Waals surface area (Å²) in [6.07, 6.45) is 0. The van der Waals surface area contributed by atoms with Crippen LogP contribution in [0.4, 0.5) is 0 Å². The molecule has 0 radical (unpaired) electrons. The van der Waals surface area contributed by atoms with Crippen molar-refractivity contribution in [1.82, 2.24) is 0 Å². The van der Waals surface area contributed by atoms with Crippen LogP contribution in [0.3, 0.4) is 0 Å². The van der Waals surface area contributed by atoms with E-state index in [1.807, 2.05) is 11.8 Å². The highest BCUT2D eigenvalue weighted by molar-refractivity contribution is 7.99. The van der Waals surface area contributed by atoms with E-state index in [1.165, 1.54) is 97.4 Å². The summed E-state index contributed by atoms with van der Waals surface area (Å²) < 4.78 is 0. The van der Waals surface area contributed by atoms with E-state index in [4.69, 9.17) is 0 Å². The highest BCUT2D eigenvalue weighted by atomic mass is 32.2. The second-order valence-electron chi connectivity index (χ2n) is 12.1. The molecule has 0 spiro atoms. The molecule has 9 aromatic carbocycles. The van der Waals surface area contributed by atoms with E-state index in [0.717, 1.165) is 0 Å². The van der Waals surface area contributed by atoms with Gasteiger partial charge in [0.2, 0.25) is 0 Å². The second-order valence-corrected chi connectivity index (χ2v) is 13.2. The lowest BCUT2D eigenvalue weighted by Gasteiger charge is -2.21. The fourth-order valence-corrected chi connectivity index (χ4v) is 8.61. The van der Waals surface area contributed by atoms with Gasteiger partial charge in [-0.3, -0.25) is 0 Å². The van der Waals surface area contributed by atoms with Crippen molar-refractivity contribution in [2.24, 2.45) is 0 Å². The van der Waals surface area contributed by atoms with Gasteiger partial charge in [-0.2, -0.15) is 0 Å². The fourth-order valence-electron chi connectivity index (χ4n) is 7.48. The van der Waals surface area contributed by atoms with E-state index < -0.39 is 0 Å². The van der Waals surface area contributed by atoms with Gasteiger partial charge in [-0.05, 0) is 119 Å². The predicted molar refractivity (Wildman–Crippen MR) is 194 cm³/mol. The number of rotatable bonds is 3. The van der Waals surface area contributed by atoms with Gasteiger partial charge in [0.25, 0.3) is 0 Å². The monoisotopic (exact) mass is 586 g/mol. The average molecular weight is 587 g/mol. The Hall–Kier alpha value is -5.37. The van der Waals surface area contributed by atoms with Crippen molar-refractivity contribution in [3.05, 3.63) is 158 Å². The molecule has 0 aliphatic carbocycles. The third-order valence-corrected chi connectivity index (χ3v) is 10.7. The molecular weight excluding hydrogens is 561 g/mol. The highest BCUT2D eigenvalue weighted by Crippen LogP contribution is 2.49. The molecule has 0 atom stereocenters. The zero-order chi connectivity index (χ0) is 29.5. The van der Waals surface area contributed by atoms with Gasteiger partial charge in [-0.25, -0.2) is 0 Å². The summed E-state index contributed by atoms with van der Waals surface area (Å²) in [6, 6.07) is 58.7. The quantitative estimate of drug-likeness (QED) is 0.186. The van der Waals surface area contributed by atoms with Crippen LogP contribution in [0.15, 0.2) is 168 Å². The smallest absolute Gasteiger partial charge is 0.0207 e. The Bertz CT molecular complexity index is 2590. The standard InChI is InChI=1S/C44H26S/c1-2-7-27(8-3-1)33-23-34(32-19-22-40-39(26-32)37-13-5-11-28-12-6-14-41(45-40)43(28)37)25-35(24-33)36-20-17-31-16-15-29-9-4-10-30-18-21-38(36)44(31)42(29)30/h1-26H. The zero-order valence-corrected chi connectivity index (χ0v) is 25.2. The maximum Gasteiger partial charge on any atom is 0.0207 e. The van der Waals surface area contributed by atoms with E-state index in [-0.39, 0.29) is 0 Å². The first-order valence-electron chi connectivity index (χ1n) is 15.5. The topological polar surface area (TPSA) is 0 Å². The zero-order valence-electron chi connectivity index (χ0n) is 24.4. The van der Waals surface area contributed by atoms with Crippen molar-refractivity contribution >= 4 is 54.9 Å². The first kappa shape index (κ1) is 25.0. The molecule has 10 rings (SSSR count). The van der Waals surface area contributed by atoms with E-state index in [2.05, 4.69) is 158 Å². The molecule has 1 heteroatoms. The van der Waals surface area contributed by atoms with E-state index in [0.29, 0.717) is 0 Å². The lowest BCUT2D eigenvalue weighted by molar-refractivity contribution is 1.39. The number of hydrogen-bond acceptors (Lipinski definition) is 1. The van der Waals surface area contributed by atoms with Crippen LogP contribution in [0.25, 0.3) is 87.6 Å². The molecule has 0 unspecified atom stereocenters. The van der Waals surface area contributed by atoms with Gasteiger partial charge in [-0.15, -0.1) is 0 Å². The predicted octanol–water partition coefficient (Wildman–Crippen LogP) is 12.9. The van der Waals surface area contributed by atoms with Gasteiger partial charge in [0.15, 0.2) is 0 Å². The molecule has 1 aliphatic heterocycles. The van der Waals surface area contributed by atoms with E-state index in [9.17, 15) is 0 Å². The van der Waals surface area contributed by atoms with Crippen LogP contribution in [-0.4, -0.2) is 0 Å². The maximum absolute atomic E-state index is 2.41. The van der Waals surface area contributed by atoms with Crippen LogP contribution in [-0.2, 0) is 0 Å². The van der Waals surface area contributed by atoms with E-state index in [1.54, 1.807) is 0 Å². The lowest BCUT2D eigenvalue weighted by atomic mass is 9.87. The highest BCUT2D eigenvalue weighted by Gasteiger charge is 2.20. The summed E-state index contributed by atoms with van der Waals surface area (Å²) in [5.74, 6) is 0. The molecule has 0 bridgehead atoms. The minimum Gasteiger partial charge on any atom is -0.0888 e. The lowest BCUT2D eigenvalue weighted by Crippen LogP contribution is -1.94. The molecule has 208 valence electrons. The largest absolute Gasteiger partial charge is 0.0888 e. The Balaban J connectivity index is 1.22. The molecule has 9 aromatic rings. The molecule has 45 heavy (non-hydrogen) atoms. The summed E-state index contributed by atoms with van der Waals surface area (Å²) >= 11 is 1.88. The molecule has 0 fully saturated rings. The summed E-state index contributed by atoms with van der Waals surface area (Å²) in [5, 5.41) is 10.6. The van der Waals surface area contributed by atoms with Gasteiger partial charge >= 0.3 is 0 Å². The van der Waals surface area contributed by atoms with Crippen LogP contribution in [0, 0.1) is 0 Å². The molecular formula is C44H26S. The fraction of sp³-hybridized carbons (Fsp3) is 0. The molecule has 0 nitrogen and oxygen atoms in total. The van der Waals surface area contributed by atoms with Crippen molar-refractivity contribution in [2.45, 2.75) is 9.79 Å². The summed E-state index contributed by atoms with van der Waals surface area (Å²) in [4.78, 5) is 2.65. The van der Waals surface area contributed by atoms with Crippen LogP contribution in [0.1, 0.15) is 0 Å². The Morgan fingerprint density at radius 3 is 1.76 bits per heavy atom. The summed E-state index contributed by atoms with van der Waals surface area (Å²) in [7, 11) is 0. The molecule has 1 heterocycles. The normalized spacial score (nSPS) is 12.4. The molecule has 0 saturated carbocycles. The van der Waals surface area contributed by atoms with Crippen molar-refractivity contribution < 1.29 is 0 Å². The first-order chi connectivity index (χ1) is 22.3. The van der Waals surface area contributed by atoms with Crippen molar-refractivity contribution in [3.8, 4) is 44.5 Å². The van der Waals surface area contributed by atoms with Gasteiger partial charge in [0, 0.05) is 15.2 Å². The number of fused-ring (bicyclic) bond motifs is 2. The maximum atomic E-state index is 2.41. The minimum atomic E-state index is 1.23. The van der Waals surface area contributed by atoms with Gasteiger partial charge in [0.05, 0.1) is 0 Å². The molecule has 0 N–H and O–H groups in total. The second kappa shape index (κ2) is 9.56. The molecule has 1 aliphatic rings. The number of benzene rings is 9. The van der Waals surface area contributed by atoms with Gasteiger partial charge < -0.3 is 0 Å². The summed E-state index contributed by atoms with van der Waals surface area (Å²) in [6.45, 7) is 0. The summed E-state index contributed by atoms with van der Waals surface area (Å²) in [5.41, 5.74) is 10.1. The van der Waals surface area contributed by atoms with Crippen LogP contribution in [0.2, 0.25) is 0 Å². The average Bonchev–Trinajstić information content (AvgIpc) is 3.11. The van der Waals surface area contributed by atoms with E-state index >= 15 is 0 Å². The van der Waals surface area contributed by atoms with Crippen molar-refractivity contribution in [3.63, 3.8) is 0 Å². The van der Waals surface area contributed by atoms with Crippen LogP contribution < -0.4 is 0 Å². The minimum absolute atomic E-state index is 1.23. The first-order valence-corrected chi connectivity index (χ1v) is 16.3. The van der Waals surface area contributed by atoms with Crippen LogP contribution >= 0.6 is 11.8 Å². The van der Waals surface area contributed by atoms with Crippen molar-refractivity contribution in [2.75, 3.05) is 0 Å². The SMILES string of the molecule is c1ccc(-c2cc(-c3ccc4c(c3)-c3cccc5cccc(c35)S4)cc(-c3ccc4ccc5cccc6ccc3c4c56)c2)cc1. The van der Waals surface area contributed by atoms with Gasteiger partial charge in [0.1, 0.15) is 0 Å².